The predicted molar refractivity (Wildman–Crippen MR) is 190 cm³/mol. The first-order chi connectivity index (χ1) is 20.9. The SMILES string of the molecule is C=CNCc1ccc(CC)cc1.CCC.CCCCNC.CCNNC(CC1CCCCC1)(CC1CCCCC1)C(C)=O. The van der Waals surface area contributed by atoms with Crippen LogP contribution in [0.15, 0.2) is 37.0 Å². The molecular formula is C38H72N4O. The maximum Gasteiger partial charge on any atom is 0.151 e. The van der Waals surface area contributed by atoms with Gasteiger partial charge in [-0.05, 0) is 75.4 Å². The highest BCUT2D eigenvalue weighted by Crippen LogP contribution is 2.37. The van der Waals surface area contributed by atoms with E-state index in [0.717, 1.165) is 50.7 Å². The van der Waals surface area contributed by atoms with Crippen LogP contribution in [0.1, 0.15) is 149 Å². The number of hydrogen-bond acceptors (Lipinski definition) is 5. The molecule has 2 aliphatic carbocycles. The van der Waals surface area contributed by atoms with E-state index < -0.39 is 0 Å². The molecule has 2 saturated carbocycles. The third-order valence-electron chi connectivity index (χ3n) is 8.56. The summed E-state index contributed by atoms with van der Waals surface area (Å²) in [5.74, 6) is 1.80. The number of benzene rings is 1. The van der Waals surface area contributed by atoms with Crippen LogP contribution in [0.5, 0.6) is 0 Å². The van der Waals surface area contributed by atoms with Crippen LogP contribution in [0.2, 0.25) is 0 Å². The highest BCUT2D eigenvalue weighted by atomic mass is 16.1. The molecule has 0 bridgehead atoms. The Hall–Kier alpha value is -1.69. The molecular weight excluding hydrogens is 528 g/mol. The van der Waals surface area contributed by atoms with Gasteiger partial charge in [-0.1, -0.05) is 143 Å². The number of hydrazine groups is 1. The minimum absolute atomic E-state index is 0.333. The average Bonchev–Trinajstić information content (AvgIpc) is 3.03. The molecule has 5 heteroatoms. The monoisotopic (exact) mass is 601 g/mol. The average molecular weight is 601 g/mol. The number of hydrogen-bond donors (Lipinski definition) is 4. The van der Waals surface area contributed by atoms with Gasteiger partial charge < -0.3 is 10.6 Å². The van der Waals surface area contributed by atoms with Gasteiger partial charge in [-0.15, -0.1) is 0 Å². The molecule has 0 amide bonds. The van der Waals surface area contributed by atoms with Crippen molar-refractivity contribution >= 4 is 5.78 Å². The molecule has 1 aromatic rings. The molecule has 2 fully saturated rings. The van der Waals surface area contributed by atoms with Crippen LogP contribution < -0.4 is 21.5 Å². The molecule has 0 saturated heterocycles. The van der Waals surface area contributed by atoms with Crippen molar-refractivity contribution in [2.75, 3.05) is 20.1 Å². The van der Waals surface area contributed by atoms with Gasteiger partial charge in [-0.3, -0.25) is 10.2 Å². The van der Waals surface area contributed by atoms with Gasteiger partial charge in [0, 0.05) is 13.1 Å². The molecule has 0 atom stereocenters. The van der Waals surface area contributed by atoms with E-state index in [-0.39, 0.29) is 5.54 Å². The third-order valence-corrected chi connectivity index (χ3v) is 8.56. The van der Waals surface area contributed by atoms with Gasteiger partial charge in [-0.25, -0.2) is 5.43 Å². The molecule has 0 aliphatic heterocycles. The maximum atomic E-state index is 12.6. The Morgan fingerprint density at radius 3 is 1.70 bits per heavy atom. The standard InChI is InChI=1S/C19H36N2O.C11H15N.C5H13N.C3H8/c1-3-20-21-19(16(2)22,14-17-10-6-4-7-11-17)15-18-12-8-5-9-13-18;1-3-10-5-7-11(8-6-10)9-12-4-2;1-3-4-5-6-2;1-3-2/h17-18,20-21H,3-15H2,1-2H3;4-8,12H,2-3,9H2,1H3;6H,3-5H2,1-2H3;3H2,1-2H3. The zero-order chi connectivity index (χ0) is 32.2. The topological polar surface area (TPSA) is 65.2 Å². The highest BCUT2D eigenvalue weighted by Gasteiger charge is 2.39. The number of nitrogens with one attached hydrogen (secondary N) is 4. The fourth-order valence-electron chi connectivity index (χ4n) is 6.02. The number of unbranched alkanes of at least 4 members (excludes halogenated alkanes) is 1. The van der Waals surface area contributed by atoms with Crippen molar-refractivity contribution < 1.29 is 4.79 Å². The summed E-state index contributed by atoms with van der Waals surface area (Å²) in [6.45, 7) is 19.0. The molecule has 3 rings (SSSR count). The van der Waals surface area contributed by atoms with Gasteiger partial charge >= 0.3 is 0 Å². The Balaban J connectivity index is 0.000000700. The molecule has 2 aliphatic rings. The van der Waals surface area contributed by atoms with Crippen molar-refractivity contribution in [3.63, 3.8) is 0 Å². The van der Waals surface area contributed by atoms with Crippen LogP contribution in [0.4, 0.5) is 0 Å². The Morgan fingerprint density at radius 1 is 0.860 bits per heavy atom. The van der Waals surface area contributed by atoms with Crippen LogP contribution in [-0.2, 0) is 17.8 Å². The Labute approximate surface area is 268 Å². The second-order valence-electron chi connectivity index (χ2n) is 12.6. The van der Waals surface area contributed by atoms with Crippen LogP contribution in [0, 0.1) is 11.8 Å². The van der Waals surface area contributed by atoms with Crippen LogP contribution >= 0.6 is 0 Å². The molecule has 0 unspecified atom stereocenters. The van der Waals surface area contributed by atoms with E-state index in [4.69, 9.17) is 0 Å². The van der Waals surface area contributed by atoms with Crippen molar-refractivity contribution in [1.29, 1.82) is 0 Å². The number of carbonyl (C=O) groups excluding carboxylic acids is 1. The van der Waals surface area contributed by atoms with Gasteiger partial charge in [0.05, 0.1) is 5.54 Å². The van der Waals surface area contributed by atoms with Crippen molar-refractivity contribution in [2.24, 2.45) is 11.8 Å². The summed E-state index contributed by atoms with van der Waals surface area (Å²) in [5.41, 5.74) is 9.11. The van der Waals surface area contributed by atoms with E-state index in [0.29, 0.717) is 5.78 Å². The quantitative estimate of drug-likeness (QED) is 0.119. The number of rotatable bonds is 15. The van der Waals surface area contributed by atoms with Gasteiger partial charge in [0.15, 0.2) is 5.78 Å². The Bertz CT molecular complexity index is 743. The van der Waals surface area contributed by atoms with Crippen molar-refractivity contribution in [2.45, 2.75) is 156 Å². The second-order valence-corrected chi connectivity index (χ2v) is 12.6. The number of Topliss-reactive ketones (excluding diaryl/α,β-unsaturated/α-hetero) is 1. The lowest BCUT2D eigenvalue weighted by atomic mass is 9.71. The van der Waals surface area contributed by atoms with Crippen molar-refractivity contribution in [3.05, 3.63) is 48.2 Å². The first-order valence-corrected chi connectivity index (χ1v) is 17.9. The van der Waals surface area contributed by atoms with Gasteiger partial charge in [0.1, 0.15) is 0 Å². The normalized spacial score (nSPS) is 15.5. The minimum atomic E-state index is -0.333. The predicted octanol–water partition coefficient (Wildman–Crippen LogP) is 9.27. The van der Waals surface area contributed by atoms with E-state index in [2.05, 4.69) is 86.9 Å². The zero-order valence-electron chi connectivity index (χ0n) is 29.6. The summed E-state index contributed by atoms with van der Waals surface area (Å²) in [6.07, 6.45) is 22.2. The van der Waals surface area contributed by atoms with Gasteiger partial charge in [0.25, 0.3) is 0 Å². The zero-order valence-corrected chi connectivity index (χ0v) is 29.6. The molecule has 0 heterocycles. The third kappa shape index (κ3) is 20.1. The van der Waals surface area contributed by atoms with Gasteiger partial charge in [-0.2, -0.15) is 0 Å². The minimum Gasteiger partial charge on any atom is -0.387 e. The molecule has 43 heavy (non-hydrogen) atoms. The lowest BCUT2D eigenvalue weighted by molar-refractivity contribution is -0.125. The lowest BCUT2D eigenvalue weighted by Gasteiger charge is -2.40. The van der Waals surface area contributed by atoms with Crippen molar-refractivity contribution in [1.82, 2.24) is 21.5 Å². The van der Waals surface area contributed by atoms with Crippen molar-refractivity contribution in [3.8, 4) is 0 Å². The summed E-state index contributed by atoms with van der Waals surface area (Å²) in [5, 5.41) is 6.13. The van der Waals surface area contributed by atoms with Crippen LogP contribution in [0.3, 0.4) is 0 Å². The number of aryl methyl sites for hydroxylation is 1. The van der Waals surface area contributed by atoms with Crippen LogP contribution in [-0.4, -0.2) is 31.5 Å². The molecule has 250 valence electrons. The lowest BCUT2D eigenvalue weighted by Crippen LogP contribution is -2.58. The number of carbonyl (C=O) groups is 1. The van der Waals surface area contributed by atoms with E-state index in [9.17, 15) is 4.79 Å². The summed E-state index contributed by atoms with van der Waals surface area (Å²) >= 11 is 0. The van der Waals surface area contributed by atoms with Gasteiger partial charge in [0.2, 0.25) is 0 Å². The number of ketones is 1. The second kappa shape index (κ2) is 27.8. The first kappa shape index (κ1) is 41.3. The summed E-state index contributed by atoms with van der Waals surface area (Å²) in [4.78, 5) is 12.6. The fourth-order valence-corrected chi connectivity index (χ4v) is 6.02. The largest absolute Gasteiger partial charge is 0.387 e. The first-order valence-electron chi connectivity index (χ1n) is 17.9. The van der Waals surface area contributed by atoms with E-state index in [1.54, 1.807) is 13.1 Å². The Morgan fingerprint density at radius 2 is 1.35 bits per heavy atom. The summed E-state index contributed by atoms with van der Waals surface area (Å²) in [7, 11) is 1.98. The Kier molecular flexibility index (Phi) is 26.7. The fraction of sp³-hybridized carbons (Fsp3) is 0.763. The molecule has 4 N–H and O–H groups in total. The molecule has 0 aromatic heterocycles. The molecule has 0 spiro atoms. The van der Waals surface area contributed by atoms with Crippen LogP contribution in [0.25, 0.3) is 0 Å². The van der Waals surface area contributed by atoms with E-state index in [1.807, 2.05) is 7.05 Å². The smallest absolute Gasteiger partial charge is 0.151 e. The molecule has 1 aromatic carbocycles. The summed E-state index contributed by atoms with van der Waals surface area (Å²) < 4.78 is 0. The molecule has 5 nitrogen and oxygen atoms in total. The summed E-state index contributed by atoms with van der Waals surface area (Å²) in [6, 6.07) is 8.63. The molecule has 0 radical (unpaired) electrons. The van der Waals surface area contributed by atoms with E-state index >= 15 is 0 Å². The highest BCUT2D eigenvalue weighted by molar-refractivity contribution is 5.86. The van der Waals surface area contributed by atoms with E-state index in [1.165, 1.54) is 94.6 Å². The maximum absolute atomic E-state index is 12.6.